The average Bonchev–Trinajstić information content (AvgIpc) is 2.21. The summed E-state index contributed by atoms with van der Waals surface area (Å²) in [6.45, 7) is 2.09. The number of hydrogen-bond donors (Lipinski definition) is 0. The van der Waals surface area contributed by atoms with Crippen molar-refractivity contribution in [2.75, 3.05) is 0 Å². The van der Waals surface area contributed by atoms with Gasteiger partial charge in [0.1, 0.15) is 7.05 Å². The Kier molecular flexibility index (Phi) is 4.86. The van der Waals surface area contributed by atoms with Crippen LogP contribution in [-0.4, -0.2) is 0 Å². The van der Waals surface area contributed by atoms with Crippen molar-refractivity contribution in [3.05, 3.63) is 41.0 Å². The van der Waals surface area contributed by atoms with Gasteiger partial charge in [0.05, 0.1) is 0 Å². The van der Waals surface area contributed by atoms with Gasteiger partial charge in [-0.05, 0) is 18.2 Å². The van der Waals surface area contributed by atoms with E-state index in [0.29, 0.717) is 0 Å². The summed E-state index contributed by atoms with van der Waals surface area (Å²) < 4.78 is 36.1. The lowest BCUT2D eigenvalue weighted by Crippen LogP contribution is -2.68. The highest BCUT2D eigenvalue weighted by atomic mass is 35.7. The summed E-state index contributed by atoms with van der Waals surface area (Å²) in [5.74, 6) is 0. The maximum Gasteiger partial charge on any atom is 0.212 e. The molecular weight excluding hydrogens is 281 g/mol. The molecule has 1 aromatic heterocycles. The van der Waals surface area contributed by atoms with E-state index in [4.69, 9.17) is 30.2 Å². The standard InChI is InChI=1S/C11H11ClN.ClHO4/c1-8-3-4-9-7-10(12)5-6-11(9)13(8)2;2-1(3,4)5/h3-7H,1-2H3;(H,2,3,4,5)/q+1;/p-1. The third-order valence-electron chi connectivity index (χ3n) is 2.38. The number of halogens is 2. The van der Waals surface area contributed by atoms with Crippen LogP contribution >= 0.6 is 11.6 Å². The van der Waals surface area contributed by atoms with Crippen LogP contribution in [0.4, 0.5) is 0 Å². The Morgan fingerprint density at radius 3 is 2.17 bits per heavy atom. The Hall–Kier alpha value is -0.950. The van der Waals surface area contributed by atoms with Gasteiger partial charge in [0.25, 0.3) is 0 Å². The molecular formula is C11H11Cl2NO4. The van der Waals surface area contributed by atoms with Gasteiger partial charge in [0.15, 0.2) is 5.69 Å². The van der Waals surface area contributed by atoms with Crippen molar-refractivity contribution in [1.82, 2.24) is 0 Å². The molecule has 0 saturated carbocycles. The lowest BCUT2D eigenvalue weighted by Gasteiger charge is -2.17. The fraction of sp³-hybridized carbons (Fsp3) is 0.182. The van der Waals surface area contributed by atoms with Crippen molar-refractivity contribution in [1.29, 1.82) is 0 Å². The Morgan fingerprint density at radius 2 is 1.61 bits per heavy atom. The molecule has 0 aliphatic rings. The number of benzene rings is 1. The molecule has 5 nitrogen and oxygen atoms in total. The van der Waals surface area contributed by atoms with Crippen LogP contribution in [0.15, 0.2) is 30.3 Å². The molecule has 0 amide bonds. The molecule has 0 unspecified atom stereocenters. The smallest absolute Gasteiger partial charge is 0.212 e. The van der Waals surface area contributed by atoms with Crippen molar-refractivity contribution in [2.24, 2.45) is 7.05 Å². The fourth-order valence-corrected chi connectivity index (χ4v) is 1.66. The first-order chi connectivity index (χ1) is 8.18. The van der Waals surface area contributed by atoms with Crippen LogP contribution in [0.2, 0.25) is 5.02 Å². The molecule has 98 valence electrons. The van der Waals surface area contributed by atoms with Crippen molar-refractivity contribution in [2.45, 2.75) is 6.92 Å². The third kappa shape index (κ3) is 4.73. The zero-order chi connectivity index (χ0) is 13.9. The monoisotopic (exact) mass is 291 g/mol. The van der Waals surface area contributed by atoms with Gasteiger partial charge in [-0.1, -0.05) is 11.6 Å². The van der Waals surface area contributed by atoms with E-state index < -0.39 is 10.2 Å². The molecule has 2 aromatic rings. The highest BCUT2D eigenvalue weighted by Gasteiger charge is 2.06. The van der Waals surface area contributed by atoms with Crippen molar-refractivity contribution in [3.63, 3.8) is 0 Å². The number of nitrogens with zero attached hydrogens (tertiary/aromatic N) is 1. The van der Waals surface area contributed by atoms with E-state index in [1.165, 1.54) is 16.6 Å². The van der Waals surface area contributed by atoms with E-state index in [1.54, 1.807) is 0 Å². The lowest BCUT2D eigenvalue weighted by atomic mass is 10.2. The van der Waals surface area contributed by atoms with Crippen LogP contribution in [0.3, 0.4) is 0 Å². The van der Waals surface area contributed by atoms with E-state index >= 15 is 0 Å². The van der Waals surface area contributed by atoms with Crippen molar-refractivity contribution >= 4 is 22.5 Å². The minimum absolute atomic E-state index is 0.788. The van der Waals surface area contributed by atoms with Crippen LogP contribution in [0.25, 0.3) is 10.9 Å². The van der Waals surface area contributed by atoms with Crippen LogP contribution < -0.4 is 23.2 Å². The maximum atomic E-state index is 8.49. The number of pyridine rings is 1. The van der Waals surface area contributed by atoms with E-state index in [1.807, 2.05) is 18.2 Å². The summed E-state index contributed by atoms with van der Waals surface area (Å²) in [5.41, 5.74) is 2.46. The first kappa shape index (κ1) is 15.1. The zero-order valence-electron chi connectivity index (χ0n) is 9.72. The van der Waals surface area contributed by atoms with E-state index in [2.05, 4.69) is 30.7 Å². The molecule has 18 heavy (non-hydrogen) atoms. The van der Waals surface area contributed by atoms with Gasteiger partial charge in [0, 0.05) is 29.5 Å². The number of aromatic nitrogens is 1. The van der Waals surface area contributed by atoms with Crippen LogP contribution in [0.5, 0.6) is 0 Å². The van der Waals surface area contributed by atoms with Gasteiger partial charge in [-0.2, -0.15) is 4.57 Å². The second kappa shape index (κ2) is 5.79. The number of aryl methyl sites for hydroxylation is 2. The van der Waals surface area contributed by atoms with Gasteiger partial charge in [-0.15, -0.1) is 10.2 Å². The second-order valence-corrected chi connectivity index (χ2v) is 4.81. The number of fused-ring (bicyclic) bond motifs is 1. The predicted octanol–water partition coefficient (Wildman–Crippen LogP) is -2.13. The van der Waals surface area contributed by atoms with E-state index in [-0.39, 0.29) is 0 Å². The number of hydrogen-bond acceptors (Lipinski definition) is 4. The molecule has 2 rings (SSSR count). The summed E-state index contributed by atoms with van der Waals surface area (Å²) in [7, 11) is -2.88. The molecule has 0 radical (unpaired) electrons. The molecule has 0 aliphatic carbocycles. The summed E-state index contributed by atoms with van der Waals surface area (Å²) in [6, 6.07) is 10.1. The molecule has 1 heterocycles. The summed E-state index contributed by atoms with van der Waals surface area (Å²) in [4.78, 5) is 0. The van der Waals surface area contributed by atoms with Gasteiger partial charge in [-0.25, -0.2) is 18.6 Å². The summed E-state index contributed by atoms with van der Waals surface area (Å²) >= 11 is 5.90. The minimum atomic E-state index is -4.94. The van der Waals surface area contributed by atoms with Crippen LogP contribution in [-0.2, 0) is 7.05 Å². The maximum absolute atomic E-state index is 8.49. The topological polar surface area (TPSA) is 96.1 Å². The third-order valence-corrected chi connectivity index (χ3v) is 2.62. The summed E-state index contributed by atoms with van der Waals surface area (Å²) in [5, 5.41) is 1.97. The molecule has 0 N–H and O–H groups in total. The quantitative estimate of drug-likeness (QED) is 0.518. The molecule has 0 aliphatic heterocycles. The molecule has 0 fully saturated rings. The second-order valence-electron chi connectivity index (χ2n) is 3.61. The van der Waals surface area contributed by atoms with Crippen LogP contribution in [0.1, 0.15) is 5.69 Å². The van der Waals surface area contributed by atoms with Gasteiger partial charge < -0.3 is 0 Å². The van der Waals surface area contributed by atoms with E-state index in [9.17, 15) is 0 Å². The molecule has 0 saturated heterocycles. The SMILES string of the molecule is Cc1ccc2cc(Cl)ccc2[n+]1C.[O-][Cl+3]([O-])([O-])[O-]. The first-order valence-electron chi connectivity index (χ1n) is 4.85. The van der Waals surface area contributed by atoms with Crippen molar-refractivity contribution in [3.8, 4) is 0 Å². The highest BCUT2D eigenvalue weighted by Crippen LogP contribution is 2.16. The highest BCUT2D eigenvalue weighted by molar-refractivity contribution is 6.31. The Morgan fingerprint density at radius 1 is 1.06 bits per heavy atom. The molecule has 7 heteroatoms. The molecule has 0 atom stereocenters. The van der Waals surface area contributed by atoms with E-state index in [0.717, 1.165) is 5.02 Å². The van der Waals surface area contributed by atoms with Crippen molar-refractivity contribution < 1.29 is 33.4 Å². The normalized spacial score (nSPS) is 11.1. The molecule has 0 bridgehead atoms. The van der Waals surface area contributed by atoms with Gasteiger partial charge >= 0.3 is 0 Å². The minimum Gasteiger partial charge on any atom is -0.222 e. The number of rotatable bonds is 0. The summed E-state index contributed by atoms with van der Waals surface area (Å²) in [6.07, 6.45) is 0. The first-order valence-corrected chi connectivity index (χ1v) is 6.46. The average molecular weight is 292 g/mol. The molecule has 1 aromatic carbocycles. The zero-order valence-corrected chi connectivity index (χ0v) is 11.2. The Bertz CT molecular complexity index is 548. The van der Waals surface area contributed by atoms with Gasteiger partial charge in [0.2, 0.25) is 5.52 Å². The Balaban J connectivity index is 0.000000280. The Labute approximate surface area is 111 Å². The molecule has 0 spiro atoms. The van der Waals surface area contributed by atoms with Crippen LogP contribution in [0, 0.1) is 17.2 Å². The lowest BCUT2D eigenvalue weighted by molar-refractivity contribution is -2.00. The largest absolute Gasteiger partial charge is 0.222 e. The predicted molar refractivity (Wildman–Crippen MR) is 54.9 cm³/mol. The fourth-order valence-electron chi connectivity index (χ4n) is 1.48. The van der Waals surface area contributed by atoms with Gasteiger partial charge in [-0.3, -0.25) is 0 Å².